The van der Waals surface area contributed by atoms with E-state index in [9.17, 15) is 4.79 Å². The molecule has 18 heavy (non-hydrogen) atoms. The third-order valence-corrected chi connectivity index (χ3v) is 3.72. The number of methoxy groups -OCH3 is 1. The SMILES string of the molecule is CCNC(CCSc1ccc(Cl)cc1)C(=O)OC. The smallest absolute Gasteiger partial charge is 0.322 e. The number of carbonyl (C=O) groups is 1. The Morgan fingerprint density at radius 1 is 1.44 bits per heavy atom. The van der Waals surface area contributed by atoms with Gasteiger partial charge in [-0.05, 0) is 37.2 Å². The summed E-state index contributed by atoms with van der Waals surface area (Å²) in [6.07, 6.45) is 0.744. The molecule has 1 aromatic carbocycles. The summed E-state index contributed by atoms with van der Waals surface area (Å²) in [7, 11) is 1.42. The van der Waals surface area contributed by atoms with Crippen molar-refractivity contribution < 1.29 is 9.53 Å². The zero-order valence-electron chi connectivity index (χ0n) is 10.6. The van der Waals surface area contributed by atoms with Crippen LogP contribution in [0.2, 0.25) is 5.02 Å². The Labute approximate surface area is 117 Å². The van der Waals surface area contributed by atoms with Crippen molar-refractivity contribution in [2.24, 2.45) is 0 Å². The van der Waals surface area contributed by atoms with Crippen LogP contribution >= 0.6 is 23.4 Å². The molecular formula is C13H18ClNO2S. The topological polar surface area (TPSA) is 38.3 Å². The lowest BCUT2D eigenvalue weighted by Crippen LogP contribution is -2.37. The van der Waals surface area contributed by atoms with Crippen LogP contribution in [-0.2, 0) is 9.53 Å². The van der Waals surface area contributed by atoms with Gasteiger partial charge in [-0.1, -0.05) is 18.5 Å². The monoisotopic (exact) mass is 287 g/mol. The van der Waals surface area contributed by atoms with E-state index in [1.165, 1.54) is 7.11 Å². The summed E-state index contributed by atoms with van der Waals surface area (Å²) in [6, 6.07) is 7.47. The summed E-state index contributed by atoms with van der Waals surface area (Å²) in [6.45, 7) is 2.73. The molecule has 0 aliphatic heterocycles. The summed E-state index contributed by atoms with van der Waals surface area (Å²) < 4.78 is 4.76. The third-order valence-electron chi connectivity index (χ3n) is 2.43. The minimum atomic E-state index is -0.222. The van der Waals surface area contributed by atoms with Crippen LogP contribution in [0, 0.1) is 0 Å². The highest BCUT2D eigenvalue weighted by Gasteiger charge is 2.17. The average molecular weight is 288 g/mol. The van der Waals surface area contributed by atoms with Crippen LogP contribution in [0.5, 0.6) is 0 Å². The van der Waals surface area contributed by atoms with Gasteiger partial charge in [0.05, 0.1) is 7.11 Å². The zero-order chi connectivity index (χ0) is 13.4. The second-order valence-corrected chi connectivity index (χ2v) is 5.33. The summed E-state index contributed by atoms with van der Waals surface area (Å²) in [4.78, 5) is 12.6. The first kappa shape index (κ1) is 15.3. The minimum absolute atomic E-state index is 0.200. The molecule has 0 saturated carbocycles. The van der Waals surface area contributed by atoms with Crippen LogP contribution < -0.4 is 5.32 Å². The Bertz CT molecular complexity index is 370. The van der Waals surface area contributed by atoms with Gasteiger partial charge >= 0.3 is 5.97 Å². The molecule has 100 valence electrons. The van der Waals surface area contributed by atoms with Crippen molar-refractivity contribution in [2.75, 3.05) is 19.4 Å². The number of thioether (sulfide) groups is 1. The number of carbonyl (C=O) groups excluding carboxylic acids is 1. The molecule has 0 aliphatic carbocycles. The second kappa shape index (κ2) is 8.40. The predicted octanol–water partition coefficient (Wildman–Crippen LogP) is 2.97. The quantitative estimate of drug-likeness (QED) is 0.618. The van der Waals surface area contributed by atoms with Crippen molar-refractivity contribution >= 4 is 29.3 Å². The Hall–Kier alpha value is -0.710. The van der Waals surface area contributed by atoms with Crippen LogP contribution in [0.4, 0.5) is 0 Å². The molecule has 1 rings (SSSR count). The Morgan fingerprint density at radius 2 is 2.11 bits per heavy atom. The lowest BCUT2D eigenvalue weighted by Gasteiger charge is -2.14. The Kier molecular flexibility index (Phi) is 7.16. The fraction of sp³-hybridized carbons (Fsp3) is 0.462. The number of hydrogen-bond acceptors (Lipinski definition) is 4. The molecule has 0 aromatic heterocycles. The first-order valence-electron chi connectivity index (χ1n) is 5.87. The third kappa shape index (κ3) is 5.29. The molecule has 1 unspecified atom stereocenters. The van der Waals surface area contributed by atoms with Crippen LogP contribution in [0.15, 0.2) is 29.2 Å². The van der Waals surface area contributed by atoms with E-state index in [1.807, 2.05) is 31.2 Å². The van der Waals surface area contributed by atoms with Gasteiger partial charge in [-0.2, -0.15) is 0 Å². The van der Waals surface area contributed by atoms with E-state index in [0.29, 0.717) is 0 Å². The van der Waals surface area contributed by atoms with Crippen molar-refractivity contribution in [3.05, 3.63) is 29.3 Å². The molecule has 0 aliphatic rings. The van der Waals surface area contributed by atoms with Gasteiger partial charge < -0.3 is 10.1 Å². The number of hydrogen-bond donors (Lipinski definition) is 1. The highest BCUT2D eigenvalue weighted by molar-refractivity contribution is 7.99. The first-order valence-corrected chi connectivity index (χ1v) is 7.23. The molecule has 1 N–H and O–H groups in total. The van der Waals surface area contributed by atoms with E-state index in [4.69, 9.17) is 16.3 Å². The van der Waals surface area contributed by atoms with E-state index in [1.54, 1.807) is 11.8 Å². The number of rotatable bonds is 7. The van der Waals surface area contributed by atoms with E-state index >= 15 is 0 Å². The van der Waals surface area contributed by atoms with Crippen LogP contribution in [0.3, 0.4) is 0 Å². The fourth-order valence-electron chi connectivity index (χ4n) is 1.52. The van der Waals surface area contributed by atoms with Crippen LogP contribution in [0.1, 0.15) is 13.3 Å². The number of nitrogens with one attached hydrogen (secondary N) is 1. The van der Waals surface area contributed by atoms with Crippen molar-refractivity contribution in [1.82, 2.24) is 5.32 Å². The van der Waals surface area contributed by atoms with Crippen molar-refractivity contribution in [1.29, 1.82) is 0 Å². The molecule has 1 aromatic rings. The molecule has 0 saturated heterocycles. The maximum absolute atomic E-state index is 11.5. The summed E-state index contributed by atoms with van der Waals surface area (Å²) in [5, 5.41) is 3.86. The highest BCUT2D eigenvalue weighted by Crippen LogP contribution is 2.21. The molecular weight excluding hydrogens is 270 g/mol. The molecule has 1 atom stereocenters. The summed E-state index contributed by atoms with van der Waals surface area (Å²) in [5.41, 5.74) is 0. The van der Waals surface area contributed by atoms with E-state index < -0.39 is 0 Å². The molecule has 0 fully saturated rings. The van der Waals surface area contributed by atoms with Crippen molar-refractivity contribution in [2.45, 2.75) is 24.3 Å². The summed E-state index contributed by atoms with van der Waals surface area (Å²) >= 11 is 7.52. The molecule has 0 spiro atoms. The standard InChI is InChI=1S/C13H18ClNO2S/c1-3-15-12(13(16)17-2)8-9-18-11-6-4-10(14)5-7-11/h4-7,12,15H,3,8-9H2,1-2H3. The molecule has 0 heterocycles. The number of benzene rings is 1. The van der Waals surface area contributed by atoms with Gasteiger partial charge in [0, 0.05) is 15.7 Å². The minimum Gasteiger partial charge on any atom is -0.468 e. The van der Waals surface area contributed by atoms with Gasteiger partial charge in [0.1, 0.15) is 6.04 Å². The number of halogens is 1. The van der Waals surface area contributed by atoms with Gasteiger partial charge in [-0.25, -0.2) is 0 Å². The Balaban J connectivity index is 2.38. The number of ether oxygens (including phenoxy) is 1. The zero-order valence-corrected chi connectivity index (χ0v) is 12.2. The maximum Gasteiger partial charge on any atom is 0.322 e. The van der Waals surface area contributed by atoms with Crippen molar-refractivity contribution in [3.63, 3.8) is 0 Å². The van der Waals surface area contributed by atoms with Gasteiger partial charge in [0.25, 0.3) is 0 Å². The molecule has 3 nitrogen and oxygen atoms in total. The van der Waals surface area contributed by atoms with E-state index in [0.717, 1.165) is 28.6 Å². The van der Waals surface area contributed by atoms with E-state index in [2.05, 4.69) is 5.32 Å². The molecule has 0 bridgehead atoms. The fourth-order valence-corrected chi connectivity index (χ4v) is 2.56. The lowest BCUT2D eigenvalue weighted by molar-refractivity contribution is -0.143. The summed E-state index contributed by atoms with van der Waals surface area (Å²) in [5.74, 6) is 0.655. The number of likely N-dealkylation sites (N-methyl/N-ethyl adjacent to an activating group) is 1. The van der Waals surface area contributed by atoms with Crippen LogP contribution in [0.25, 0.3) is 0 Å². The normalized spacial score (nSPS) is 12.2. The van der Waals surface area contributed by atoms with E-state index in [-0.39, 0.29) is 12.0 Å². The van der Waals surface area contributed by atoms with Crippen molar-refractivity contribution in [3.8, 4) is 0 Å². The number of esters is 1. The van der Waals surface area contributed by atoms with Gasteiger partial charge in [0.15, 0.2) is 0 Å². The predicted molar refractivity (Wildman–Crippen MR) is 76.3 cm³/mol. The van der Waals surface area contributed by atoms with Gasteiger partial charge in [0.2, 0.25) is 0 Å². The lowest BCUT2D eigenvalue weighted by atomic mass is 10.2. The molecule has 5 heteroatoms. The van der Waals surface area contributed by atoms with Gasteiger partial charge in [-0.15, -0.1) is 11.8 Å². The second-order valence-electron chi connectivity index (χ2n) is 3.72. The molecule has 0 amide bonds. The van der Waals surface area contributed by atoms with Crippen LogP contribution in [-0.4, -0.2) is 31.4 Å². The highest BCUT2D eigenvalue weighted by atomic mass is 35.5. The maximum atomic E-state index is 11.5. The Morgan fingerprint density at radius 3 is 2.67 bits per heavy atom. The largest absolute Gasteiger partial charge is 0.468 e. The first-order chi connectivity index (χ1) is 8.67. The molecule has 0 radical (unpaired) electrons. The van der Waals surface area contributed by atoms with Gasteiger partial charge in [-0.3, -0.25) is 4.79 Å². The average Bonchev–Trinajstić information content (AvgIpc) is 2.39.